The highest BCUT2D eigenvalue weighted by Gasteiger charge is 2.20. The van der Waals surface area contributed by atoms with Crippen molar-refractivity contribution in [3.8, 4) is 0 Å². The van der Waals surface area contributed by atoms with E-state index < -0.39 is 0 Å². The van der Waals surface area contributed by atoms with Gasteiger partial charge < -0.3 is 10.6 Å². The number of rotatable bonds is 2. The number of nitrogen functional groups attached to an aromatic ring is 1. The number of pyridine rings is 1. The monoisotopic (exact) mass is 333 g/mol. The van der Waals surface area contributed by atoms with Gasteiger partial charge in [0.05, 0.1) is 11.2 Å². The number of nitrogens with two attached hydrogens (primary N) is 1. The molecular formula is C16H20BrN3. The summed E-state index contributed by atoms with van der Waals surface area (Å²) in [4.78, 5) is 6.98. The maximum Gasteiger partial charge on any atom is 0.0956 e. The molecule has 20 heavy (non-hydrogen) atoms. The van der Waals surface area contributed by atoms with Crippen LogP contribution < -0.4 is 10.6 Å². The molecule has 2 N–H and O–H groups in total. The van der Waals surface area contributed by atoms with Gasteiger partial charge in [-0.05, 0) is 47.0 Å². The second-order valence-corrected chi connectivity index (χ2v) is 6.54. The lowest BCUT2D eigenvalue weighted by Crippen LogP contribution is -2.33. The molecule has 1 heterocycles. The van der Waals surface area contributed by atoms with Crippen LogP contribution in [0.25, 0.3) is 10.9 Å². The van der Waals surface area contributed by atoms with Crippen molar-refractivity contribution < 1.29 is 0 Å². The fourth-order valence-electron chi connectivity index (χ4n) is 3.15. The Kier molecular flexibility index (Phi) is 3.83. The topological polar surface area (TPSA) is 42.1 Å². The van der Waals surface area contributed by atoms with E-state index >= 15 is 0 Å². The quantitative estimate of drug-likeness (QED) is 0.831. The summed E-state index contributed by atoms with van der Waals surface area (Å²) in [5.74, 6) is 0. The van der Waals surface area contributed by atoms with Gasteiger partial charge in [-0.15, -0.1) is 0 Å². The zero-order valence-corrected chi connectivity index (χ0v) is 13.4. The van der Waals surface area contributed by atoms with Crippen molar-refractivity contribution in [3.63, 3.8) is 0 Å². The van der Waals surface area contributed by atoms with Crippen LogP contribution in [0.4, 0.5) is 11.4 Å². The van der Waals surface area contributed by atoms with Crippen molar-refractivity contribution in [2.45, 2.75) is 38.1 Å². The lowest BCUT2D eigenvalue weighted by molar-refractivity contribution is 0.428. The van der Waals surface area contributed by atoms with Crippen molar-refractivity contribution in [3.05, 3.63) is 28.9 Å². The third kappa shape index (κ3) is 2.49. The number of hydrogen-bond acceptors (Lipinski definition) is 3. The lowest BCUT2D eigenvalue weighted by Gasteiger charge is -2.33. The summed E-state index contributed by atoms with van der Waals surface area (Å²) in [6.45, 7) is 0. The van der Waals surface area contributed by atoms with Gasteiger partial charge in [0.25, 0.3) is 0 Å². The standard InChI is InChI=1S/C16H20BrN3/c1-20(12-5-3-2-4-6-12)15-8-7-14(18)13-9-11(17)10-19-16(13)15/h7-10,12H,2-6,18H2,1H3. The van der Waals surface area contributed by atoms with Gasteiger partial charge in [0, 0.05) is 34.8 Å². The highest BCUT2D eigenvalue weighted by molar-refractivity contribution is 9.10. The Morgan fingerprint density at radius 2 is 2.00 bits per heavy atom. The van der Waals surface area contributed by atoms with Gasteiger partial charge in [0.1, 0.15) is 0 Å². The fourth-order valence-corrected chi connectivity index (χ4v) is 3.48. The average Bonchev–Trinajstić information content (AvgIpc) is 2.48. The molecule has 0 amide bonds. The molecule has 106 valence electrons. The van der Waals surface area contributed by atoms with Gasteiger partial charge >= 0.3 is 0 Å². The van der Waals surface area contributed by atoms with E-state index in [1.807, 2.05) is 12.3 Å². The minimum Gasteiger partial charge on any atom is -0.398 e. The van der Waals surface area contributed by atoms with Crippen molar-refractivity contribution in [1.29, 1.82) is 0 Å². The Bertz CT molecular complexity index is 620. The molecule has 1 aromatic heterocycles. The Morgan fingerprint density at radius 1 is 1.25 bits per heavy atom. The Morgan fingerprint density at radius 3 is 2.75 bits per heavy atom. The molecule has 0 unspecified atom stereocenters. The zero-order valence-electron chi connectivity index (χ0n) is 11.8. The molecular weight excluding hydrogens is 314 g/mol. The smallest absolute Gasteiger partial charge is 0.0956 e. The molecule has 0 spiro atoms. The molecule has 3 rings (SSSR count). The maximum absolute atomic E-state index is 6.09. The van der Waals surface area contributed by atoms with E-state index in [9.17, 15) is 0 Å². The largest absolute Gasteiger partial charge is 0.398 e. The van der Waals surface area contributed by atoms with Crippen molar-refractivity contribution in [1.82, 2.24) is 4.98 Å². The molecule has 3 nitrogen and oxygen atoms in total. The predicted molar refractivity (Wildman–Crippen MR) is 89.1 cm³/mol. The van der Waals surface area contributed by atoms with Crippen LogP contribution in [0, 0.1) is 0 Å². The highest BCUT2D eigenvalue weighted by Crippen LogP contribution is 2.33. The first-order valence-electron chi connectivity index (χ1n) is 7.23. The van der Waals surface area contributed by atoms with Crippen molar-refractivity contribution in [2.75, 3.05) is 17.7 Å². The Hall–Kier alpha value is -1.29. The minimum atomic E-state index is 0.626. The van der Waals surface area contributed by atoms with E-state index in [4.69, 9.17) is 5.73 Å². The van der Waals surface area contributed by atoms with Crippen LogP contribution >= 0.6 is 15.9 Å². The molecule has 0 saturated heterocycles. The Balaban J connectivity index is 2.04. The molecule has 1 aliphatic carbocycles. The molecule has 0 radical (unpaired) electrons. The number of anilines is 2. The van der Waals surface area contributed by atoms with Crippen LogP contribution in [0.1, 0.15) is 32.1 Å². The zero-order chi connectivity index (χ0) is 14.1. The molecule has 2 aromatic rings. The van der Waals surface area contributed by atoms with Crippen molar-refractivity contribution in [2.24, 2.45) is 0 Å². The molecule has 1 aromatic carbocycles. The molecule has 0 atom stereocenters. The fraction of sp³-hybridized carbons (Fsp3) is 0.438. The van der Waals surface area contributed by atoms with E-state index in [0.29, 0.717) is 6.04 Å². The first-order chi connectivity index (χ1) is 9.66. The number of benzene rings is 1. The molecule has 1 aliphatic rings. The summed E-state index contributed by atoms with van der Waals surface area (Å²) in [5.41, 5.74) is 9.07. The first kappa shape index (κ1) is 13.7. The first-order valence-corrected chi connectivity index (χ1v) is 8.02. The van der Waals surface area contributed by atoms with E-state index in [0.717, 1.165) is 21.1 Å². The summed E-state index contributed by atoms with van der Waals surface area (Å²) in [5, 5.41) is 1.03. The predicted octanol–water partition coefficient (Wildman–Crippen LogP) is 4.35. The normalized spacial score (nSPS) is 16.5. The van der Waals surface area contributed by atoms with Gasteiger partial charge in [-0.25, -0.2) is 0 Å². The number of halogens is 1. The van der Waals surface area contributed by atoms with Gasteiger partial charge in [0.2, 0.25) is 0 Å². The van der Waals surface area contributed by atoms with E-state index in [1.165, 1.54) is 37.8 Å². The summed E-state index contributed by atoms with van der Waals surface area (Å²) in [7, 11) is 2.19. The number of aromatic nitrogens is 1. The molecule has 1 saturated carbocycles. The lowest BCUT2D eigenvalue weighted by atomic mass is 9.94. The van der Waals surface area contributed by atoms with Crippen LogP contribution in [0.5, 0.6) is 0 Å². The molecule has 0 aliphatic heterocycles. The SMILES string of the molecule is CN(c1ccc(N)c2cc(Br)cnc12)C1CCCCC1. The summed E-state index contributed by atoms with van der Waals surface area (Å²) >= 11 is 3.47. The number of nitrogens with zero attached hydrogens (tertiary/aromatic N) is 2. The van der Waals surface area contributed by atoms with Crippen molar-refractivity contribution >= 4 is 38.2 Å². The minimum absolute atomic E-state index is 0.626. The van der Waals surface area contributed by atoms with Gasteiger partial charge in [0.15, 0.2) is 0 Å². The highest BCUT2D eigenvalue weighted by atomic mass is 79.9. The van der Waals surface area contributed by atoms with Crippen LogP contribution in [-0.2, 0) is 0 Å². The number of fused-ring (bicyclic) bond motifs is 1. The average molecular weight is 334 g/mol. The summed E-state index contributed by atoms with van der Waals surface area (Å²) in [6.07, 6.45) is 8.44. The third-order valence-electron chi connectivity index (χ3n) is 4.33. The van der Waals surface area contributed by atoms with Crippen LogP contribution in [-0.4, -0.2) is 18.1 Å². The Labute approximate surface area is 128 Å². The maximum atomic E-state index is 6.09. The third-order valence-corrected chi connectivity index (χ3v) is 4.76. The van der Waals surface area contributed by atoms with E-state index in [1.54, 1.807) is 0 Å². The molecule has 0 bridgehead atoms. The second kappa shape index (κ2) is 5.60. The van der Waals surface area contributed by atoms with Crippen LogP contribution in [0.3, 0.4) is 0 Å². The second-order valence-electron chi connectivity index (χ2n) is 5.63. The van der Waals surface area contributed by atoms with Gasteiger partial charge in [-0.3, -0.25) is 4.98 Å². The van der Waals surface area contributed by atoms with E-state index in [-0.39, 0.29) is 0 Å². The summed E-state index contributed by atoms with van der Waals surface area (Å²) in [6, 6.07) is 6.77. The van der Waals surface area contributed by atoms with Crippen LogP contribution in [0.15, 0.2) is 28.9 Å². The van der Waals surface area contributed by atoms with Crippen LogP contribution in [0.2, 0.25) is 0 Å². The van der Waals surface area contributed by atoms with Gasteiger partial charge in [-0.2, -0.15) is 0 Å². The molecule has 1 fully saturated rings. The number of hydrogen-bond donors (Lipinski definition) is 1. The molecule has 4 heteroatoms. The van der Waals surface area contributed by atoms with E-state index in [2.05, 4.69) is 45.0 Å². The van der Waals surface area contributed by atoms with Gasteiger partial charge in [-0.1, -0.05) is 19.3 Å². The summed E-state index contributed by atoms with van der Waals surface area (Å²) < 4.78 is 0.967.